The van der Waals surface area contributed by atoms with Crippen LogP contribution in [0.1, 0.15) is 50.5 Å². The zero-order valence-electron chi connectivity index (χ0n) is 17.7. The molecule has 2 heterocycles. The number of carbonyl (C=O) groups is 1. The molecule has 0 radical (unpaired) electrons. The summed E-state index contributed by atoms with van der Waals surface area (Å²) in [4.78, 5) is 16.7. The van der Waals surface area contributed by atoms with Gasteiger partial charge in [-0.2, -0.15) is 0 Å². The first-order valence-corrected chi connectivity index (χ1v) is 10.8. The van der Waals surface area contributed by atoms with Crippen molar-refractivity contribution in [2.24, 2.45) is 11.8 Å². The van der Waals surface area contributed by atoms with Crippen molar-refractivity contribution in [3.8, 4) is 0 Å². The number of carbonyl (C=O) groups excluding carboxylic acids is 1. The Morgan fingerprint density at radius 1 is 1.17 bits per heavy atom. The highest BCUT2D eigenvalue weighted by Gasteiger charge is 2.26. The van der Waals surface area contributed by atoms with Gasteiger partial charge in [0.15, 0.2) is 0 Å². The van der Waals surface area contributed by atoms with Crippen LogP contribution in [-0.4, -0.2) is 47.0 Å². The topological polar surface area (TPSA) is 56.9 Å². The minimum Gasteiger partial charge on any atom is -0.467 e. The van der Waals surface area contributed by atoms with Gasteiger partial charge in [0.1, 0.15) is 11.9 Å². The maximum Gasteiger partial charge on any atom is 0.222 e. The van der Waals surface area contributed by atoms with Gasteiger partial charge < -0.3 is 14.4 Å². The van der Waals surface area contributed by atoms with Gasteiger partial charge in [0.05, 0.1) is 6.26 Å². The van der Waals surface area contributed by atoms with Crippen molar-refractivity contribution in [3.05, 3.63) is 60.1 Å². The molecule has 0 aliphatic carbocycles. The monoisotopic (exact) mass is 398 g/mol. The van der Waals surface area contributed by atoms with Crippen LogP contribution >= 0.6 is 0 Å². The Labute approximate surface area is 174 Å². The zero-order chi connectivity index (χ0) is 20.6. The Kier molecular flexibility index (Phi) is 7.90. The second-order valence-electron chi connectivity index (χ2n) is 8.63. The largest absolute Gasteiger partial charge is 0.467 e. The SMILES string of the molecule is CC(C)CC(=O)N1CCC(CN(Cc2ccccc2)C[C@H](O)c2ccco2)CC1. The molecule has 1 aromatic carbocycles. The van der Waals surface area contributed by atoms with E-state index >= 15 is 0 Å². The van der Waals surface area contributed by atoms with E-state index in [0.29, 0.717) is 30.6 Å². The van der Waals surface area contributed by atoms with Crippen molar-refractivity contribution in [2.45, 2.75) is 45.8 Å². The fourth-order valence-corrected chi connectivity index (χ4v) is 4.07. The first-order valence-electron chi connectivity index (χ1n) is 10.8. The number of aliphatic hydroxyl groups excluding tert-OH is 1. The third-order valence-electron chi connectivity index (χ3n) is 5.62. The summed E-state index contributed by atoms with van der Waals surface area (Å²) in [5, 5.41) is 10.6. The van der Waals surface area contributed by atoms with E-state index in [1.165, 1.54) is 5.56 Å². The molecule has 0 spiro atoms. The highest BCUT2D eigenvalue weighted by molar-refractivity contribution is 5.76. The van der Waals surface area contributed by atoms with Crippen molar-refractivity contribution in [1.82, 2.24) is 9.80 Å². The van der Waals surface area contributed by atoms with E-state index < -0.39 is 6.10 Å². The number of piperidine rings is 1. The number of likely N-dealkylation sites (tertiary alicyclic amines) is 1. The van der Waals surface area contributed by atoms with Crippen molar-refractivity contribution < 1.29 is 14.3 Å². The Morgan fingerprint density at radius 3 is 2.52 bits per heavy atom. The van der Waals surface area contributed by atoms with Crippen LogP contribution in [0.5, 0.6) is 0 Å². The molecule has 5 heteroatoms. The molecular weight excluding hydrogens is 364 g/mol. The molecule has 0 unspecified atom stereocenters. The van der Waals surface area contributed by atoms with E-state index in [0.717, 1.165) is 39.0 Å². The quantitative estimate of drug-likeness (QED) is 0.691. The summed E-state index contributed by atoms with van der Waals surface area (Å²) in [6.45, 7) is 8.12. The lowest BCUT2D eigenvalue weighted by Crippen LogP contribution is -2.42. The lowest BCUT2D eigenvalue weighted by molar-refractivity contribution is -0.133. The third kappa shape index (κ3) is 6.72. The number of amides is 1. The van der Waals surface area contributed by atoms with Crippen LogP contribution < -0.4 is 0 Å². The number of nitrogens with zero attached hydrogens (tertiary/aromatic N) is 2. The van der Waals surface area contributed by atoms with Gasteiger partial charge in [0.2, 0.25) is 5.91 Å². The number of aliphatic hydroxyl groups is 1. The zero-order valence-corrected chi connectivity index (χ0v) is 17.7. The smallest absolute Gasteiger partial charge is 0.222 e. The van der Waals surface area contributed by atoms with Gasteiger partial charge in [0.25, 0.3) is 0 Å². The van der Waals surface area contributed by atoms with E-state index in [1.807, 2.05) is 23.1 Å². The van der Waals surface area contributed by atoms with Crippen molar-refractivity contribution in [3.63, 3.8) is 0 Å². The predicted octanol–water partition coefficient (Wildman–Crippen LogP) is 4.10. The molecule has 3 rings (SSSR count). The molecule has 1 atom stereocenters. The van der Waals surface area contributed by atoms with Crippen LogP contribution in [0.4, 0.5) is 0 Å². The summed E-state index contributed by atoms with van der Waals surface area (Å²) in [5.41, 5.74) is 1.24. The average Bonchev–Trinajstić information content (AvgIpc) is 3.24. The number of hydrogen-bond donors (Lipinski definition) is 1. The number of hydrogen-bond acceptors (Lipinski definition) is 4. The maximum absolute atomic E-state index is 12.3. The second kappa shape index (κ2) is 10.6. The molecule has 2 aromatic rings. The highest BCUT2D eigenvalue weighted by atomic mass is 16.4. The van der Waals surface area contributed by atoms with Crippen molar-refractivity contribution in [2.75, 3.05) is 26.2 Å². The third-order valence-corrected chi connectivity index (χ3v) is 5.62. The Bertz CT molecular complexity index is 722. The van der Waals surface area contributed by atoms with Gasteiger partial charge >= 0.3 is 0 Å². The summed E-state index contributed by atoms with van der Waals surface area (Å²) >= 11 is 0. The molecule has 0 bridgehead atoms. The van der Waals surface area contributed by atoms with Gasteiger partial charge in [-0.15, -0.1) is 0 Å². The van der Waals surface area contributed by atoms with Crippen LogP contribution in [0, 0.1) is 11.8 Å². The molecule has 1 N–H and O–H groups in total. The van der Waals surface area contributed by atoms with E-state index in [2.05, 4.69) is 43.0 Å². The van der Waals surface area contributed by atoms with Gasteiger partial charge in [-0.05, 0) is 42.4 Å². The second-order valence-corrected chi connectivity index (χ2v) is 8.63. The van der Waals surface area contributed by atoms with E-state index in [4.69, 9.17) is 4.42 Å². The fraction of sp³-hybridized carbons (Fsp3) is 0.542. The Hall–Kier alpha value is -2.11. The summed E-state index contributed by atoms with van der Waals surface area (Å²) in [6, 6.07) is 14.0. The van der Waals surface area contributed by atoms with Gasteiger partial charge in [-0.25, -0.2) is 0 Å². The molecule has 1 aliphatic rings. The van der Waals surface area contributed by atoms with E-state index in [9.17, 15) is 9.90 Å². The molecule has 1 amide bonds. The van der Waals surface area contributed by atoms with Crippen molar-refractivity contribution in [1.29, 1.82) is 0 Å². The molecule has 5 nitrogen and oxygen atoms in total. The number of rotatable bonds is 9. The first kappa shape index (κ1) is 21.6. The van der Waals surface area contributed by atoms with Crippen molar-refractivity contribution >= 4 is 5.91 Å². The minimum absolute atomic E-state index is 0.285. The molecule has 158 valence electrons. The average molecular weight is 399 g/mol. The Morgan fingerprint density at radius 2 is 1.90 bits per heavy atom. The summed E-state index contributed by atoms with van der Waals surface area (Å²) < 4.78 is 5.39. The molecule has 0 saturated carbocycles. The summed E-state index contributed by atoms with van der Waals surface area (Å²) in [6.07, 6.45) is 3.64. The van der Waals surface area contributed by atoms with E-state index in [-0.39, 0.29) is 5.91 Å². The minimum atomic E-state index is -0.638. The number of furan rings is 1. The predicted molar refractivity (Wildman–Crippen MR) is 114 cm³/mol. The van der Waals surface area contributed by atoms with Crippen LogP contribution in [0.25, 0.3) is 0 Å². The van der Waals surface area contributed by atoms with Crippen LogP contribution in [0.3, 0.4) is 0 Å². The fourth-order valence-electron chi connectivity index (χ4n) is 4.07. The van der Waals surface area contributed by atoms with Gasteiger partial charge in [0, 0.05) is 39.1 Å². The molecular formula is C24H34N2O3. The first-order chi connectivity index (χ1) is 14.0. The Balaban J connectivity index is 1.57. The van der Waals surface area contributed by atoms with Crippen LogP contribution in [0.15, 0.2) is 53.1 Å². The molecule has 1 fully saturated rings. The lowest BCUT2D eigenvalue weighted by Gasteiger charge is -2.35. The van der Waals surface area contributed by atoms with Gasteiger partial charge in [-0.3, -0.25) is 9.69 Å². The molecule has 1 saturated heterocycles. The summed E-state index contributed by atoms with van der Waals surface area (Å²) in [7, 11) is 0. The molecule has 1 aromatic heterocycles. The van der Waals surface area contributed by atoms with Gasteiger partial charge in [-0.1, -0.05) is 44.2 Å². The highest BCUT2D eigenvalue weighted by Crippen LogP contribution is 2.23. The van der Waals surface area contributed by atoms with Crippen LogP contribution in [-0.2, 0) is 11.3 Å². The molecule has 29 heavy (non-hydrogen) atoms. The standard InChI is InChI=1S/C24H34N2O3/c1-19(2)15-24(28)26-12-10-21(11-13-26)17-25(16-20-7-4-3-5-8-20)18-22(27)23-9-6-14-29-23/h3-9,14,19,21-22,27H,10-13,15-18H2,1-2H3/t22-/m0/s1. The maximum atomic E-state index is 12.3. The van der Waals surface area contributed by atoms with E-state index in [1.54, 1.807) is 6.26 Å². The normalized spacial score (nSPS) is 16.5. The molecule has 1 aliphatic heterocycles. The summed E-state index contributed by atoms with van der Waals surface area (Å²) in [5.74, 6) is 1.83. The number of benzene rings is 1. The van der Waals surface area contributed by atoms with Crippen LogP contribution in [0.2, 0.25) is 0 Å². The lowest BCUT2D eigenvalue weighted by atomic mass is 9.95.